The summed E-state index contributed by atoms with van der Waals surface area (Å²) in [5, 5.41) is 11.4. The van der Waals surface area contributed by atoms with E-state index in [0.29, 0.717) is 6.61 Å². The summed E-state index contributed by atoms with van der Waals surface area (Å²) in [4.78, 5) is 10.7. The Morgan fingerprint density at radius 2 is 2.42 bits per heavy atom. The second-order valence-corrected chi connectivity index (χ2v) is 2.34. The number of esters is 1. The Morgan fingerprint density at radius 3 is 2.92 bits per heavy atom. The molecule has 4 nitrogen and oxygen atoms in total. The number of rotatable bonds is 5. The molecule has 0 aliphatic carbocycles. The quantitative estimate of drug-likeness (QED) is 0.455. The van der Waals surface area contributed by atoms with E-state index in [2.05, 4.69) is 10.1 Å². The van der Waals surface area contributed by atoms with E-state index >= 15 is 0 Å². The Morgan fingerprint density at radius 1 is 1.75 bits per heavy atom. The Hall–Kier alpha value is -1.03. The van der Waals surface area contributed by atoms with Gasteiger partial charge in [0.1, 0.15) is 0 Å². The molecule has 0 aromatic heterocycles. The SMILES string of the molecule is CCOC(=O)/C=C/NC(C)CO. The summed E-state index contributed by atoms with van der Waals surface area (Å²) < 4.78 is 4.63. The van der Waals surface area contributed by atoms with Gasteiger partial charge in [-0.25, -0.2) is 4.79 Å². The monoisotopic (exact) mass is 173 g/mol. The number of nitrogens with one attached hydrogen (secondary N) is 1. The van der Waals surface area contributed by atoms with Crippen molar-refractivity contribution in [3.05, 3.63) is 12.3 Å². The fraction of sp³-hybridized carbons (Fsp3) is 0.625. The van der Waals surface area contributed by atoms with E-state index in [1.807, 2.05) is 0 Å². The lowest BCUT2D eigenvalue weighted by atomic mass is 10.4. The minimum Gasteiger partial charge on any atom is -0.463 e. The van der Waals surface area contributed by atoms with Gasteiger partial charge in [-0.15, -0.1) is 0 Å². The minimum atomic E-state index is -0.380. The van der Waals surface area contributed by atoms with Crippen LogP contribution in [-0.2, 0) is 9.53 Å². The zero-order valence-electron chi connectivity index (χ0n) is 7.41. The van der Waals surface area contributed by atoms with Gasteiger partial charge < -0.3 is 15.2 Å². The first-order chi connectivity index (χ1) is 5.70. The van der Waals surface area contributed by atoms with Crippen LogP contribution in [0.25, 0.3) is 0 Å². The Bertz CT molecular complexity index is 156. The highest BCUT2D eigenvalue weighted by atomic mass is 16.5. The second kappa shape index (κ2) is 6.67. The van der Waals surface area contributed by atoms with E-state index < -0.39 is 0 Å². The number of carbonyl (C=O) groups is 1. The van der Waals surface area contributed by atoms with E-state index in [4.69, 9.17) is 5.11 Å². The lowest BCUT2D eigenvalue weighted by Gasteiger charge is -2.05. The van der Waals surface area contributed by atoms with Crippen molar-refractivity contribution in [1.82, 2.24) is 5.32 Å². The van der Waals surface area contributed by atoms with Crippen molar-refractivity contribution in [1.29, 1.82) is 0 Å². The van der Waals surface area contributed by atoms with Crippen LogP contribution in [0, 0.1) is 0 Å². The predicted molar refractivity (Wildman–Crippen MR) is 45.5 cm³/mol. The molecule has 0 saturated carbocycles. The normalized spacial score (nSPS) is 12.9. The molecule has 0 rings (SSSR count). The molecule has 0 spiro atoms. The summed E-state index contributed by atoms with van der Waals surface area (Å²) in [5.74, 6) is -0.380. The fourth-order valence-corrected chi connectivity index (χ4v) is 0.523. The lowest BCUT2D eigenvalue weighted by Crippen LogP contribution is -2.24. The van der Waals surface area contributed by atoms with Gasteiger partial charge in [0, 0.05) is 18.3 Å². The Labute approximate surface area is 72.2 Å². The summed E-state index contributed by atoms with van der Waals surface area (Å²) in [7, 11) is 0. The highest BCUT2D eigenvalue weighted by molar-refractivity contribution is 5.81. The van der Waals surface area contributed by atoms with Crippen LogP contribution < -0.4 is 5.32 Å². The maximum absolute atomic E-state index is 10.7. The van der Waals surface area contributed by atoms with Gasteiger partial charge >= 0.3 is 5.97 Å². The van der Waals surface area contributed by atoms with Crippen LogP contribution >= 0.6 is 0 Å². The summed E-state index contributed by atoms with van der Waals surface area (Å²) in [6.07, 6.45) is 2.76. The maximum Gasteiger partial charge on any atom is 0.332 e. The molecule has 0 aliphatic rings. The molecule has 0 heterocycles. The maximum atomic E-state index is 10.7. The van der Waals surface area contributed by atoms with Gasteiger partial charge in [-0.2, -0.15) is 0 Å². The van der Waals surface area contributed by atoms with Crippen molar-refractivity contribution in [2.24, 2.45) is 0 Å². The zero-order valence-corrected chi connectivity index (χ0v) is 7.41. The standard InChI is InChI=1S/C8H15NO3/c1-3-12-8(11)4-5-9-7(2)6-10/h4-5,7,9-10H,3,6H2,1-2H3/b5-4+. The number of aliphatic hydroxyl groups excluding tert-OH is 1. The lowest BCUT2D eigenvalue weighted by molar-refractivity contribution is -0.137. The zero-order chi connectivity index (χ0) is 9.40. The van der Waals surface area contributed by atoms with Gasteiger partial charge in [-0.3, -0.25) is 0 Å². The molecule has 0 bridgehead atoms. The average molecular weight is 173 g/mol. The van der Waals surface area contributed by atoms with E-state index in [1.165, 1.54) is 12.3 Å². The Kier molecular flexibility index (Phi) is 6.09. The predicted octanol–water partition coefficient (Wildman–Crippen LogP) is 0.0336. The molecule has 0 saturated heterocycles. The topological polar surface area (TPSA) is 58.6 Å². The van der Waals surface area contributed by atoms with Crippen molar-refractivity contribution in [3.63, 3.8) is 0 Å². The van der Waals surface area contributed by atoms with Gasteiger partial charge in [0.05, 0.1) is 13.2 Å². The average Bonchev–Trinajstić information content (AvgIpc) is 2.04. The van der Waals surface area contributed by atoms with Crippen LogP contribution in [0.1, 0.15) is 13.8 Å². The van der Waals surface area contributed by atoms with Crippen LogP contribution in [-0.4, -0.2) is 30.3 Å². The smallest absolute Gasteiger partial charge is 0.332 e. The van der Waals surface area contributed by atoms with Gasteiger partial charge in [0.25, 0.3) is 0 Å². The molecule has 0 amide bonds. The summed E-state index contributed by atoms with van der Waals surface area (Å²) in [6.45, 7) is 3.96. The molecule has 2 N–H and O–H groups in total. The van der Waals surface area contributed by atoms with Gasteiger partial charge in [0.15, 0.2) is 0 Å². The number of carbonyl (C=O) groups excluding carboxylic acids is 1. The van der Waals surface area contributed by atoms with Crippen LogP contribution in [0.4, 0.5) is 0 Å². The highest BCUT2D eigenvalue weighted by Gasteiger charge is 1.95. The summed E-state index contributed by atoms with van der Waals surface area (Å²) in [6, 6.07) is -0.0457. The van der Waals surface area contributed by atoms with Crippen LogP contribution in [0.3, 0.4) is 0 Å². The van der Waals surface area contributed by atoms with Crippen molar-refractivity contribution < 1.29 is 14.6 Å². The number of hydrogen-bond acceptors (Lipinski definition) is 4. The van der Waals surface area contributed by atoms with Crippen molar-refractivity contribution in [2.75, 3.05) is 13.2 Å². The minimum absolute atomic E-state index is 0.0349. The largest absolute Gasteiger partial charge is 0.463 e. The van der Waals surface area contributed by atoms with E-state index in [1.54, 1.807) is 13.8 Å². The first-order valence-electron chi connectivity index (χ1n) is 3.91. The Balaban J connectivity index is 3.54. The van der Waals surface area contributed by atoms with Gasteiger partial charge in [0.2, 0.25) is 0 Å². The third-order valence-corrected chi connectivity index (χ3v) is 1.16. The molecule has 0 aromatic carbocycles. The molecule has 1 unspecified atom stereocenters. The van der Waals surface area contributed by atoms with Crippen molar-refractivity contribution in [3.8, 4) is 0 Å². The highest BCUT2D eigenvalue weighted by Crippen LogP contribution is 1.81. The van der Waals surface area contributed by atoms with Crippen LogP contribution in [0.5, 0.6) is 0 Å². The number of ether oxygens (including phenoxy) is 1. The third kappa shape index (κ3) is 5.73. The number of aliphatic hydroxyl groups is 1. The summed E-state index contributed by atoms with van der Waals surface area (Å²) >= 11 is 0. The van der Waals surface area contributed by atoms with Crippen molar-refractivity contribution >= 4 is 5.97 Å². The molecular weight excluding hydrogens is 158 g/mol. The van der Waals surface area contributed by atoms with Gasteiger partial charge in [-0.1, -0.05) is 0 Å². The number of hydrogen-bond donors (Lipinski definition) is 2. The van der Waals surface area contributed by atoms with Crippen molar-refractivity contribution in [2.45, 2.75) is 19.9 Å². The molecule has 70 valence electrons. The van der Waals surface area contributed by atoms with E-state index in [9.17, 15) is 4.79 Å². The molecule has 1 atom stereocenters. The second-order valence-electron chi connectivity index (χ2n) is 2.34. The van der Waals surface area contributed by atoms with Gasteiger partial charge in [-0.05, 0) is 13.8 Å². The first-order valence-corrected chi connectivity index (χ1v) is 3.91. The van der Waals surface area contributed by atoms with Crippen LogP contribution in [0.15, 0.2) is 12.3 Å². The van der Waals surface area contributed by atoms with E-state index in [-0.39, 0.29) is 18.6 Å². The fourth-order valence-electron chi connectivity index (χ4n) is 0.523. The van der Waals surface area contributed by atoms with Crippen LogP contribution in [0.2, 0.25) is 0 Å². The molecule has 0 fully saturated rings. The molecule has 0 aliphatic heterocycles. The third-order valence-electron chi connectivity index (χ3n) is 1.16. The molecule has 12 heavy (non-hydrogen) atoms. The summed E-state index contributed by atoms with van der Waals surface area (Å²) in [5.41, 5.74) is 0. The van der Waals surface area contributed by atoms with E-state index in [0.717, 1.165) is 0 Å². The molecule has 4 heteroatoms. The molecule has 0 radical (unpaired) electrons. The molecular formula is C8H15NO3. The first kappa shape index (κ1) is 11.0. The molecule has 0 aromatic rings.